The van der Waals surface area contributed by atoms with Gasteiger partial charge >= 0.3 is 0 Å². The maximum absolute atomic E-state index is 5.29. The number of methoxy groups -OCH3 is 1. The highest BCUT2D eigenvalue weighted by atomic mass is 16.5. The lowest BCUT2D eigenvalue weighted by Gasteiger charge is -2.09. The van der Waals surface area contributed by atoms with Crippen molar-refractivity contribution in [1.82, 2.24) is 5.32 Å². The van der Waals surface area contributed by atoms with Gasteiger partial charge in [0.2, 0.25) is 0 Å². The molecule has 0 aliphatic carbocycles. The van der Waals surface area contributed by atoms with Crippen LogP contribution in [0.4, 0.5) is 0 Å². The molecule has 0 bridgehead atoms. The van der Waals surface area contributed by atoms with Crippen molar-refractivity contribution in [2.75, 3.05) is 7.11 Å². The SMILES string of the molecule is COc1cccc2c1C(C)NC2. The van der Waals surface area contributed by atoms with Crippen LogP contribution in [-0.4, -0.2) is 7.11 Å². The Kier molecular flexibility index (Phi) is 1.77. The van der Waals surface area contributed by atoms with Crippen LogP contribution >= 0.6 is 0 Å². The van der Waals surface area contributed by atoms with Crippen LogP contribution in [0, 0.1) is 0 Å². The van der Waals surface area contributed by atoms with Gasteiger partial charge in [0.05, 0.1) is 7.11 Å². The van der Waals surface area contributed by atoms with E-state index in [4.69, 9.17) is 4.74 Å². The fourth-order valence-electron chi connectivity index (χ4n) is 1.78. The van der Waals surface area contributed by atoms with Crippen molar-refractivity contribution in [2.24, 2.45) is 0 Å². The maximum atomic E-state index is 5.29. The summed E-state index contributed by atoms with van der Waals surface area (Å²) in [6.45, 7) is 3.13. The average molecular weight is 163 g/mol. The Morgan fingerprint density at radius 1 is 1.50 bits per heavy atom. The molecule has 2 heteroatoms. The van der Waals surface area contributed by atoms with Crippen LogP contribution in [-0.2, 0) is 6.54 Å². The highest BCUT2D eigenvalue weighted by molar-refractivity contribution is 5.44. The number of ether oxygens (including phenoxy) is 1. The van der Waals surface area contributed by atoms with Crippen molar-refractivity contribution in [3.05, 3.63) is 29.3 Å². The fourth-order valence-corrected chi connectivity index (χ4v) is 1.78. The summed E-state index contributed by atoms with van der Waals surface area (Å²) < 4.78 is 5.29. The fraction of sp³-hybridized carbons (Fsp3) is 0.400. The summed E-state index contributed by atoms with van der Waals surface area (Å²) >= 11 is 0. The summed E-state index contributed by atoms with van der Waals surface area (Å²) in [4.78, 5) is 0. The van der Waals surface area contributed by atoms with Gasteiger partial charge in [0, 0.05) is 18.2 Å². The van der Waals surface area contributed by atoms with Gasteiger partial charge in [-0.2, -0.15) is 0 Å². The molecule has 0 radical (unpaired) electrons. The second-order valence-electron chi connectivity index (χ2n) is 3.14. The van der Waals surface area contributed by atoms with Crippen molar-refractivity contribution >= 4 is 0 Å². The molecule has 1 N–H and O–H groups in total. The lowest BCUT2D eigenvalue weighted by molar-refractivity contribution is 0.406. The van der Waals surface area contributed by atoms with E-state index in [1.165, 1.54) is 11.1 Å². The van der Waals surface area contributed by atoms with E-state index in [2.05, 4.69) is 18.3 Å². The minimum Gasteiger partial charge on any atom is -0.496 e. The largest absolute Gasteiger partial charge is 0.496 e. The molecule has 2 nitrogen and oxygen atoms in total. The number of rotatable bonds is 1. The Hall–Kier alpha value is -1.02. The molecule has 1 aliphatic heterocycles. The Bertz CT molecular complexity index is 296. The highest BCUT2D eigenvalue weighted by Gasteiger charge is 2.20. The topological polar surface area (TPSA) is 21.3 Å². The average Bonchev–Trinajstić information content (AvgIpc) is 2.48. The lowest BCUT2D eigenvalue weighted by atomic mass is 10.1. The van der Waals surface area contributed by atoms with Gasteiger partial charge in [-0.1, -0.05) is 12.1 Å². The molecule has 1 unspecified atom stereocenters. The molecule has 0 saturated heterocycles. The van der Waals surface area contributed by atoms with Crippen molar-refractivity contribution < 1.29 is 4.74 Å². The minimum atomic E-state index is 0.427. The molecule has 1 atom stereocenters. The number of hydrogen-bond acceptors (Lipinski definition) is 2. The third kappa shape index (κ3) is 0.994. The Balaban J connectivity index is 2.53. The van der Waals surface area contributed by atoms with Crippen LogP contribution in [0.2, 0.25) is 0 Å². The molecule has 64 valence electrons. The summed E-state index contributed by atoms with van der Waals surface area (Å²) in [5.74, 6) is 1.00. The first-order valence-corrected chi connectivity index (χ1v) is 4.22. The molecular formula is C10H13NO. The van der Waals surface area contributed by atoms with Crippen molar-refractivity contribution in [1.29, 1.82) is 0 Å². The van der Waals surface area contributed by atoms with Crippen LogP contribution < -0.4 is 10.1 Å². The van der Waals surface area contributed by atoms with Gasteiger partial charge < -0.3 is 10.1 Å². The van der Waals surface area contributed by atoms with E-state index in [-0.39, 0.29) is 0 Å². The third-order valence-electron chi connectivity index (χ3n) is 2.41. The number of fused-ring (bicyclic) bond motifs is 1. The first-order chi connectivity index (χ1) is 5.83. The summed E-state index contributed by atoms with van der Waals surface area (Å²) in [5, 5.41) is 3.38. The summed E-state index contributed by atoms with van der Waals surface area (Å²) in [6, 6.07) is 6.63. The molecule has 2 rings (SSSR count). The zero-order valence-corrected chi connectivity index (χ0v) is 7.42. The highest BCUT2D eigenvalue weighted by Crippen LogP contribution is 2.32. The molecule has 0 aromatic heterocycles. The van der Waals surface area contributed by atoms with Gasteiger partial charge in [0.25, 0.3) is 0 Å². The molecule has 0 spiro atoms. The second-order valence-corrected chi connectivity index (χ2v) is 3.14. The first kappa shape index (κ1) is 7.62. The minimum absolute atomic E-state index is 0.427. The van der Waals surface area contributed by atoms with Gasteiger partial charge in [-0.25, -0.2) is 0 Å². The zero-order chi connectivity index (χ0) is 8.55. The van der Waals surface area contributed by atoms with Gasteiger partial charge in [0.1, 0.15) is 5.75 Å². The van der Waals surface area contributed by atoms with Crippen LogP contribution in [0.25, 0.3) is 0 Å². The number of benzene rings is 1. The monoisotopic (exact) mass is 163 g/mol. The van der Waals surface area contributed by atoms with E-state index in [0.29, 0.717) is 6.04 Å². The molecule has 0 saturated carbocycles. The van der Waals surface area contributed by atoms with E-state index in [1.807, 2.05) is 12.1 Å². The smallest absolute Gasteiger partial charge is 0.123 e. The molecule has 1 aliphatic rings. The van der Waals surface area contributed by atoms with Crippen LogP contribution in [0.15, 0.2) is 18.2 Å². The van der Waals surface area contributed by atoms with Gasteiger partial charge in [-0.15, -0.1) is 0 Å². The van der Waals surface area contributed by atoms with E-state index >= 15 is 0 Å². The van der Waals surface area contributed by atoms with Gasteiger partial charge in [0.15, 0.2) is 0 Å². The van der Waals surface area contributed by atoms with Gasteiger partial charge in [-0.3, -0.25) is 0 Å². The second kappa shape index (κ2) is 2.79. The predicted molar refractivity (Wildman–Crippen MR) is 48.2 cm³/mol. The van der Waals surface area contributed by atoms with E-state index in [0.717, 1.165) is 12.3 Å². The molecule has 1 heterocycles. The molecule has 1 aromatic rings. The van der Waals surface area contributed by atoms with E-state index < -0.39 is 0 Å². The predicted octanol–water partition coefficient (Wildman–Crippen LogP) is 1.86. The van der Waals surface area contributed by atoms with Crippen LogP contribution in [0.3, 0.4) is 0 Å². The standard InChI is InChI=1S/C10H13NO/c1-7-10-8(6-11-7)4-3-5-9(10)12-2/h3-5,7,11H,6H2,1-2H3. The third-order valence-corrected chi connectivity index (χ3v) is 2.41. The summed E-state index contributed by atoms with van der Waals surface area (Å²) in [6.07, 6.45) is 0. The van der Waals surface area contributed by atoms with Crippen molar-refractivity contribution in [3.63, 3.8) is 0 Å². The van der Waals surface area contributed by atoms with Crippen molar-refractivity contribution in [2.45, 2.75) is 19.5 Å². The van der Waals surface area contributed by atoms with E-state index in [9.17, 15) is 0 Å². The Labute approximate surface area is 72.5 Å². The normalized spacial score (nSPS) is 20.7. The van der Waals surface area contributed by atoms with E-state index in [1.54, 1.807) is 7.11 Å². The van der Waals surface area contributed by atoms with Crippen LogP contribution in [0.1, 0.15) is 24.1 Å². The quantitative estimate of drug-likeness (QED) is 0.682. The first-order valence-electron chi connectivity index (χ1n) is 4.22. The molecule has 0 fully saturated rings. The summed E-state index contributed by atoms with van der Waals surface area (Å²) in [7, 11) is 1.72. The number of nitrogens with one attached hydrogen (secondary N) is 1. The van der Waals surface area contributed by atoms with Gasteiger partial charge in [-0.05, 0) is 18.6 Å². The number of hydrogen-bond donors (Lipinski definition) is 1. The Morgan fingerprint density at radius 2 is 2.33 bits per heavy atom. The molecule has 1 aromatic carbocycles. The Morgan fingerprint density at radius 3 is 3.08 bits per heavy atom. The van der Waals surface area contributed by atoms with Crippen molar-refractivity contribution in [3.8, 4) is 5.75 Å². The summed E-state index contributed by atoms with van der Waals surface area (Å²) in [5.41, 5.74) is 2.68. The molecule has 12 heavy (non-hydrogen) atoms. The van der Waals surface area contributed by atoms with Crippen LogP contribution in [0.5, 0.6) is 5.75 Å². The molecule has 0 amide bonds. The molecular weight excluding hydrogens is 150 g/mol. The maximum Gasteiger partial charge on any atom is 0.123 e. The zero-order valence-electron chi connectivity index (χ0n) is 7.42. The lowest BCUT2D eigenvalue weighted by Crippen LogP contribution is -2.07.